The van der Waals surface area contributed by atoms with Gasteiger partial charge in [0.2, 0.25) is 0 Å². The molecule has 2 atom stereocenters. The van der Waals surface area contributed by atoms with Crippen LogP contribution in [0.2, 0.25) is 0 Å². The average molecular weight is 567 g/mol. The summed E-state index contributed by atoms with van der Waals surface area (Å²) in [5.41, 5.74) is 4.70. The molecule has 1 aromatic heterocycles. The molecule has 6 nitrogen and oxygen atoms in total. The number of fused-ring (bicyclic) bond motifs is 2. The zero-order valence-electron chi connectivity index (χ0n) is 24.1. The largest absolute Gasteiger partial charge is 0.504 e. The summed E-state index contributed by atoms with van der Waals surface area (Å²) in [5.74, 6) is 8.91. The van der Waals surface area contributed by atoms with Gasteiger partial charge in [-0.3, -0.25) is 9.36 Å². The number of allylic oxidation sites excluding steroid dienone is 7. The van der Waals surface area contributed by atoms with Crippen LogP contribution in [0.4, 0.5) is 0 Å². The number of aromatic nitrogens is 2. The monoisotopic (exact) mass is 566 g/mol. The standard InChI is InChI=1S/C37H30N2O4/c1-24-20-25(8-9-26-10-14-29-23-30(42-2)16-15-28(29)21-26)11-17-33(24)39-36(38-32-7-5-4-6-31(32)37(39)41)19-13-27-12-18-34(40)35(22-27)43-3/h4-7,10-23,28-29,40H,1-3H3. The number of phenols is 1. The predicted octanol–water partition coefficient (Wildman–Crippen LogP) is 6.76. The highest BCUT2D eigenvalue weighted by molar-refractivity contribution is 5.80. The van der Waals surface area contributed by atoms with Crippen molar-refractivity contribution in [2.24, 2.45) is 11.8 Å². The Morgan fingerprint density at radius 1 is 0.907 bits per heavy atom. The topological polar surface area (TPSA) is 73.6 Å². The maximum Gasteiger partial charge on any atom is 0.266 e. The molecular formula is C37H30N2O4. The van der Waals surface area contributed by atoms with Gasteiger partial charge in [-0.1, -0.05) is 60.4 Å². The van der Waals surface area contributed by atoms with E-state index in [9.17, 15) is 9.90 Å². The Balaban J connectivity index is 1.35. The minimum atomic E-state index is -0.159. The van der Waals surface area contributed by atoms with Crippen molar-refractivity contribution >= 4 is 23.1 Å². The average Bonchev–Trinajstić information content (AvgIpc) is 3.03. The van der Waals surface area contributed by atoms with E-state index in [4.69, 9.17) is 14.5 Å². The third-order valence-electron chi connectivity index (χ3n) is 7.61. The molecule has 2 aliphatic rings. The molecule has 6 rings (SSSR count). The van der Waals surface area contributed by atoms with Gasteiger partial charge in [0.05, 0.1) is 30.8 Å². The first kappa shape index (κ1) is 27.6. The number of nitrogens with zero attached hydrogens (tertiary/aromatic N) is 2. The van der Waals surface area contributed by atoms with Crippen LogP contribution in [0.3, 0.4) is 0 Å². The molecule has 6 heteroatoms. The maximum absolute atomic E-state index is 13.8. The molecule has 212 valence electrons. The van der Waals surface area contributed by atoms with E-state index in [-0.39, 0.29) is 23.1 Å². The number of aromatic hydroxyl groups is 1. The Kier molecular flexibility index (Phi) is 7.55. The van der Waals surface area contributed by atoms with Crippen LogP contribution in [0.5, 0.6) is 11.5 Å². The molecule has 1 heterocycles. The van der Waals surface area contributed by atoms with E-state index in [2.05, 4.69) is 42.2 Å². The number of hydrogen-bond donors (Lipinski definition) is 1. The molecule has 0 spiro atoms. The molecule has 1 N–H and O–H groups in total. The number of aryl methyl sites for hydroxylation is 1. The van der Waals surface area contributed by atoms with Crippen molar-refractivity contribution in [1.29, 1.82) is 0 Å². The third-order valence-corrected chi connectivity index (χ3v) is 7.61. The minimum absolute atomic E-state index is 0.0582. The Labute approximate surface area is 250 Å². The van der Waals surface area contributed by atoms with Gasteiger partial charge in [0.1, 0.15) is 11.6 Å². The van der Waals surface area contributed by atoms with E-state index in [1.807, 2.05) is 55.5 Å². The summed E-state index contributed by atoms with van der Waals surface area (Å²) in [6, 6.07) is 18.2. The summed E-state index contributed by atoms with van der Waals surface area (Å²) >= 11 is 0. The van der Waals surface area contributed by atoms with Crippen LogP contribution in [0.15, 0.2) is 113 Å². The van der Waals surface area contributed by atoms with Crippen molar-refractivity contribution in [3.05, 3.63) is 141 Å². The summed E-state index contributed by atoms with van der Waals surface area (Å²) in [7, 11) is 3.19. The fraction of sp³-hybridized carbons (Fsp3) is 0.135. The summed E-state index contributed by atoms with van der Waals surface area (Å²) < 4.78 is 12.2. The molecular weight excluding hydrogens is 536 g/mol. The van der Waals surface area contributed by atoms with Crippen molar-refractivity contribution in [3.63, 3.8) is 0 Å². The second kappa shape index (κ2) is 11.8. The summed E-state index contributed by atoms with van der Waals surface area (Å²) in [6.07, 6.45) is 16.3. The molecule has 43 heavy (non-hydrogen) atoms. The highest BCUT2D eigenvalue weighted by Gasteiger charge is 2.20. The van der Waals surface area contributed by atoms with Gasteiger partial charge in [0.15, 0.2) is 11.5 Å². The van der Waals surface area contributed by atoms with Crippen molar-refractivity contribution < 1.29 is 14.6 Å². The van der Waals surface area contributed by atoms with Gasteiger partial charge in [-0.2, -0.15) is 0 Å². The van der Waals surface area contributed by atoms with Gasteiger partial charge in [0.25, 0.3) is 5.56 Å². The molecule has 4 aromatic rings. The Morgan fingerprint density at radius 3 is 2.53 bits per heavy atom. The van der Waals surface area contributed by atoms with E-state index in [0.29, 0.717) is 22.5 Å². The number of para-hydroxylation sites is 1. The first-order chi connectivity index (χ1) is 20.9. The van der Waals surface area contributed by atoms with Crippen LogP contribution < -0.4 is 10.3 Å². The summed E-state index contributed by atoms with van der Waals surface area (Å²) in [6.45, 7) is 1.97. The number of rotatable bonds is 5. The highest BCUT2D eigenvalue weighted by atomic mass is 16.5. The highest BCUT2D eigenvalue weighted by Crippen LogP contribution is 2.30. The third kappa shape index (κ3) is 5.66. The van der Waals surface area contributed by atoms with Gasteiger partial charge in [0, 0.05) is 23.0 Å². The molecule has 0 aliphatic heterocycles. The Hall–Kier alpha value is -5.54. The van der Waals surface area contributed by atoms with Crippen molar-refractivity contribution in [2.75, 3.05) is 14.2 Å². The smallest absolute Gasteiger partial charge is 0.266 e. The van der Waals surface area contributed by atoms with Crippen LogP contribution in [0.25, 0.3) is 28.7 Å². The lowest BCUT2D eigenvalue weighted by Crippen LogP contribution is -2.23. The predicted molar refractivity (Wildman–Crippen MR) is 171 cm³/mol. The van der Waals surface area contributed by atoms with Crippen LogP contribution in [0.1, 0.15) is 22.5 Å². The Morgan fingerprint density at radius 2 is 1.72 bits per heavy atom. The molecule has 0 bridgehead atoms. The quantitative estimate of drug-likeness (QED) is 0.270. The van der Waals surface area contributed by atoms with Gasteiger partial charge in [-0.25, -0.2) is 4.98 Å². The molecule has 0 radical (unpaired) electrons. The van der Waals surface area contributed by atoms with E-state index in [1.165, 1.54) is 7.11 Å². The van der Waals surface area contributed by atoms with E-state index in [0.717, 1.165) is 33.7 Å². The van der Waals surface area contributed by atoms with Crippen LogP contribution >= 0.6 is 0 Å². The van der Waals surface area contributed by atoms with Crippen molar-refractivity contribution in [2.45, 2.75) is 6.92 Å². The van der Waals surface area contributed by atoms with E-state index >= 15 is 0 Å². The summed E-state index contributed by atoms with van der Waals surface area (Å²) in [4.78, 5) is 18.6. The van der Waals surface area contributed by atoms with Crippen molar-refractivity contribution in [1.82, 2.24) is 9.55 Å². The number of benzene rings is 3. The van der Waals surface area contributed by atoms with Gasteiger partial charge < -0.3 is 14.6 Å². The van der Waals surface area contributed by atoms with Crippen LogP contribution in [-0.4, -0.2) is 28.9 Å². The minimum Gasteiger partial charge on any atom is -0.504 e. The van der Waals surface area contributed by atoms with Crippen molar-refractivity contribution in [3.8, 4) is 29.0 Å². The van der Waals surface area contributed by atoms with E-state index in [1.54, 1.807) is 42.0 Å². The number of methoxy groups -OCH3 is 2. The molecule has 2 aliphatic carbocycles. The Bertz CT molecular complexity index is 2010. The normalized spacial score (nSPS) is 17.2. The van der Waals surface area contributed by atoms with Gasteiger partial charge >= 0.3 is 0 Å². The first-order valence-electron chi connectivity index (χ1n) is 14.0. The first-order valence-corrected chi connectivity index (χ1v) is 14.0. The van der Waals surface area contributed by atoms with Gasteiger partial charge in [-0.05, 0) is 78.7 Å². The lowest BCUT2D eigenvalue weighted by atomic mass is 9.82. The molecule has 0 amide bonds. The van der Waals surface area contributed by atoms with E-state index < -0.39 is 0 Å². The molecule has 3 aromatic carbocycles. The molecule has 0 fully saturated rings. The second-order valence-corrected chi connectivity index (χ2v) is 10.4. The maximum atomic E-state index is 13.8. The SMILES string of the molecule is COC1=CC2C=CC(C#Cc3ccc(-n4c(C=Cc5ccc(O)c(OC)c5)nc5ccccc5c4=O)c(C)c3)=CC2C=C1. The second-order valence-electron chi connectivity index (χ2n) is 10.4. The number of hydrogen-bond acceptors (Lipinski definition) is 5. The zero-order valence-corrected chi connectivity index (χ0v) is 24.1. The fourth-order valence-electron chi connectivity index (χ4n) is 5.33. The summed E-state index contributed by atoms with van der Waals surface area (Å²) in [5, 5.41) is 10.5. The number of phenolic OH excluding ortho intramolecular Hbond substituents is 1. The van der Waals surface area contributed by atoms with Crippen LogP contribution in [0, 0.1) is 30.6 Å². The fourth-order valence-corrected chi connectivity index (χ4v) is 5.33. The molecule has 0 saturated carbocycles. The molecule has 2 unspecified atom stereocenters. The number of ether oxygens (including phenoxy) is 2. The molecule has 0 saturated heterocycles. The van der Waals surface area contributed by atoms with Crippen LogP contribution in [-0.2, 0) is 4.74 Å². The zero-order chi connectivity index (χ0) is 29.9. The lowest BCUT2D eigenvalue weighted by molar-refractivity contribution is 0.299. The van der Waals surface area contributed by atoms with Gasteiger partial charge in [-0.15, -0.1) is 0 Å². The lowest BCUT2D eigenvalue weighted by Gasteiger charge is -2.23.